The molecule has 1 saturated heterocycles. The second-order valence-corrected chi connectivity index (χ2v) is 11.2. The Kier molecular flexibility index (Phi) is 10.6. The second kappa shape index (κ2) is 14.1. The van der Waals surface area contributed by atoms with Crippen molar-refractivity contribution >= 4 is 20.2 Å². The third-order valence-electron chi connectivity index (χ3n) is 5.98. The molecule has 0 bridgehead atoms. The number of rotatable bonds is 13. The monoisotopic (exact) mass is 544 g/mol. The zero-order valence-corrected chi connectivity index (χ0v) is 22.1. The Hall–Kier alpha value is -2.21. The van der Waals surface area contributed by atoms with Crippen LogP contribution in [0.1, 0.15) is 23.1 Å². The van der Waals surface area contributed by atoms with Crippen LogP contribution < -0.4 is 0 Å². The van der Waals surface area contributed by atoms with Gasteiger partial charge in [-0.05, 0) is 16.7 Å². The molecule has 37 heavy (non-hydrogen) atoms. The summed E-state index contributed by atoms with van der Waals surface area (Å²) in [6, 6.07) is 29.5. The van der Waals surface area contributed by atoms with Crippen molar-refractivity contribution in [2.75, 3.05) is 13.2 Å². The van der Waals surface area contributed by atoms with Crippen LogP contribution in [0, 0.1) is 0 Å². The van der Waals surface area contributed by atoms with E-state index in [9.17, 15) is 8.76 Å². The molecule has 1 fully saturated rings. The van der Waals surface area contributed by atoms with Crippen molar-refractivity contribution < 1.29 is 31.9 Å². The molecule has 1 aliphatic rings. The van der Waals surface area contributed by atoms with Crippen LogP contribution in [0.25, 0.3) is 0 Å². The van der Waals surface area contributed by atoms with Gasteiger partial charge in [-0.1, -0.05) is 91.0 Å². The van der Waals surface area contributed by atoms with Crippen LogP contribution in [-0.2, 0) is 63.2 Å². The Morgan fingerprint density at radius 1 is 0.784 bits per heavy atom. The summed E-state index contributed by atoms with van der Waals surface area (Å²) in [5.74, 6) is 0. The van der Waals surface area contributed by atoms with E-state index >= 15 is 0 Å². The van der Waals surface area contributed by atoms with E-state index in [2.05, 4.69) is 11.2 Å². The number of hydrogen-bond donors (Lipinski definition) is 1. The minimum absolute atomic E-state index is 0.210. The van der Waals surface area contributed by atoms with Gasteiger partial charge in [-0.15, -0.1) is 0 Å². The van der Waals surface area contributed by atoms with Crippen molar-refractivity contribution in [1.29, 1.82) is 0 Å². The van der Waals surface area contributed by atoms with E-state index in [1.807, 2.05) is 91.0 Å². The molecule has 1 unspecified atom stereocenters. The molecule has 0 aliphatic carbocycles. The quantitative estimate of drug-likeness (QED) is 0.332. The van der Waals surface area contributed by atoms with Crippen LogP contribution in [0.3, 0.4) is 0 Å². The van der Waals surface area contributed by atoms with Gasteiger partial charge >= 0.3 is 0 Å². The van der Waals surface area contributed by atoms with Crippen LogP contribution in [-0.4, -0.2) is 46.4 Å². The Morgan fingerprint density at radius 2 is 1.30 bits per heavy atom. The highest BCUT2D eigenvalue weighted by molar-refractivity contribution is 8.27. The average Bonchev–Trinajstić information content (AvgIpc) is 2.91. The first-order valence-corrected chi connectivity index (χ1v) is 14.5. The van der Waals surface area contributed by atoms with E-state index < -0.39 is 21.3 Å². The molecular formula is C28H32O7S2. The molecule has 0 spiro atoms. The topological polar surface area (TPSA) is 83.5 Å². The van der Waals surface area contributed by atoms with Gasteiger partial charge in [0.2, 0.25) is 0 Å². The van der Waals surface area contributed by atoms with Crippen LogP contribution in [0.2, 0.25) is 0 Å². The summed E-state index contributed by atoms with van der Waals surface area (Å²) in [5, 5.41) is 0. The Labute approximate surface area is 223 Å². The summed E-state index contributed by atoms with van der Waals surface area (Å²) < 4.78 is 51.2. The first kappa shape index (κ1) is 27.8. The summed E-state index contributed by atoms with van der Waals surface area (Å²) in [6.45, 7) is 1.28. The molecule has 1 heterocycles. The molecule has 0 radical (unpaired) electrons. The van der Waals surface area contributed by atoms with Crippen molar-refractivity contribution in [3.8, 4) is 0 Å². The molecule has 7 nitrogen and oxygen atoms in total. The maximum Gasteiger partial charge on any atom is 0.266 e. The largest absolute Gasteiger partial charge is 0.374 e. The van der Waals surface area contributed by atoms with E-state index in [0.29, 0.717) is 32.8 Å². The van der Waals surface area contributed by atoms with Crippen LogP contribution in [0.5, 0.6) is 0 Å². The van der Waals surface area contributed by atoms with E-state index in [-0.39, 0.29) is 18.8 Å². The molecule has 5 atom stereocenters. The Morgan fingerprint density at radius 3 is 1.84 bits per heavy atom. The van der Waals surface area contributed by atoms with E-state index in [0.717, 1.165) is 16.7 Å². The maximum atomic E-state index is 11.7. The van der Waals surface area contributed by atoms with Gasteiger partial charge < -0.3 is 18.9 Å². The number of ether oxygens (including phenoxy) is 4. The molecule has 3 aromatic carbocycles. The van der Waals surface area contributed by atoms with Gasteiger partial charge in [-0.25, -0.2) is 0 Å². The first-order valence-electron chi connectivity index (χ1n) is 12.2. The van der Waals surface area contributed by atoms with Gasteiger partial charge in [0, 0.05) is 17.6 Å². The van der Waals surface area contributed by atoms with Crippen molar-refractivity contribution in [1.82, 2.24) is 0 Å². The van der Waals surface area contributed by atoms with Crippen LogP contribution in [0.4, 0.5) is 0 Å². The first-order chi connectivity index (χ1) is 18.0. The molecule has 0 saturated carbocycles. The molecule has 0 aromatic heterocycles. The molecular weight excluding hydrogens is 512 g/mol. The highest BCUT2D eigenvalue weighted by Crippen LogP contribution is 2.28. The summed E-state index contributed by atoms with van der Waals surface area (Å²) in [6.07, 6.45) is -1.39. The SMILES string of the molecule is O=S(O)(=S)OC[C@H]1O[C@H](COCc2ccccc2)C[C@H](OCc2ccccc2)[C@@H]1OCc1ccccc1. The summed E-state index contributed by atoms with van der Waals surface area (Å²) in [4.78, 5) is 0. The molecule has 1 aliphatic heterocycles. The molecule has 9 heteroatoms. The highest BCUT2D eigenvalue weighted by atomic mass is 32.9. The van der Waals surface area contributed by atoms with Gasteiger partial charge in [-0.2, -0.15) is 4.21 Å². The zero-order chi connectivity index (χ0) is 25.9. The van der Waals surface area contributed by atoms with Crippen molar-refractivity contribution in [3.63, 3.8) is 0 Å². The molecule has 3 aromatic rings. The lowest BCUT2D eigenvalue weighted by Gasteiger charge is -2.41. The normalized spacial score (nSPS) is 23.4. The Bertz CT molecular complexity index is 1160. The predicted molar refractivity (Wildman–Crippen MR) is 144 cm³/mol. The van der Waals surface area contributed by atoms with Crippen molar-refractivity contribution in [2.45, 2.75) is 50.7 Å². The van der Waals surface area contributed by atoms with Crippen molar-refractivity contribution in [2.24, 2.45) is 0 Å². The highest BCUT2D eigenvalue weighted by Gasteiger charge is 2.41. The fourth-order valence-electron chi connectivity index (χ4n) is 4.21. The van der Waals surface area contributed by atoms with Crippen LogP contribution >= 0.6 is 0 Å². The minimum atomic E-state index is -3.83. The smallest absolute Gasteiger partial charge is 0.266 e. The molecule has 4 rings (SSSR count). The third kappa shape index (κ3) is 9.55. The van der Waals surface area contributed by atoms with Gasteiger partial charge in [0.15, 0.2) is 0 Å². The summed E-state index contributed by atoms with van der Waals surface area (Å²) >= 11 is 4.54. The lowest BCUT2D eigenvalue weighted by Crippen LogP contribution is -2.53. The second-order valence-electron chi connectivity index (χ2n) is 8.84. The average molecular weight is 545 g/mol. The zero-order valence-electron chi connectivity index (χ0n) is 20.4. The molecule has 1 N–H and O–H groups in total. The Balaban J connectivity index is 1.47. The van der Waals surface area contributed by atoms with Gasteiger partial charge in [-0.3, -0.25) is 8.74 Å². The standard InChI is InChI=1S/C28H32O7S2/c29-37(30,36)34-21-27-28(33-19-24-14-8-3-9-15-24)26(32-18-23-12-6-2-7-13-23)16-25(35-27)20-31-17-22-10-4-1-5-11-22/h1-15,25-28H,16-21H2,(H,29,30,36)/t25-,26-,27+,28-/m0/s1. The van der Waals surface area contributed by atoms with E-state index in [4.69, 9.17) is 23.1 Å². The third-order valence-corrected chi connectivity index (χ3v) is 6.71. The minimum Gasteiger partial charge on any atom is -0.374 e. The van der Waals surface area contributed by atoms with E-state index in [1.54, 1.807) is 0 Å². The summed E-state index contributed by atoms with van der Waals surface area (Å²) in [7, 11) is -3.83. The van der Waals surface area contributed by atoms with Gasteiger partial charge in [0.05, 0.1) is 45.2 Å². The lowest BCUT2D eigenvalue weighted by molar-refractivity contribution is -0.222. The summed E-state index contributed by atoms with van der Waals surface area (Å²) in [5.41, 5.74) is 3.08. The molecule has 0 amide bonds. The van der Waals surface area contributed by atoms with Gasteiger partial charge in [0.25, 0.3) is 9.05 Å². The molecule has 198 valence electrons. The van der Waals surface area contributed by atoms with Gasteiger partial charge in [0.1, 0.15) is 12.2 Å². The maximum absolute atomic E-state index is 11.7. The number of hydrogen-bond acceptors (Lipinski definition) is 7. The van der Waals surface area contributed by atoms with Crippen molar-refractivity contribution in [3.05, 3.63) is 108 Å². The van der Waals surface area contributed by atoms with E-state index in [1.165, 1.54) is 0 Å². The number of benzene rings is 3. The fraction of sp³-hybridized carbons (Fsp3) is 0.357. The fourth-order valence-corrected chi connectivity index (χ4v) is 4.68. The predicted octanol–water partition coefficient (Wildman–Crippen LogP) is 4.68. The lowest BCUT2D eigenvalue weighted by atomic mass is 9.97. The van der Waals surface area contributed by atoms with Crippen LogP contribution in [0.15, 0.2) is 91.0 Å².